The van der Waals surface area contributed by atoms with Crippen molar-refractivity contribution in [1.82, 2.24) is 9.55 Å². The van der Waals surface area contributed by atoms with Crippen molar-refractivity contribution in [1.29, 1.82) is 0 Å². The number of rotatable bonds is 3. The predicted molar refractivity (Wildman–Crippen MR) is 88.0 cm³/mol. The molecule has 2 nitrogen and oxygen atoms in total. The van der Waals surface area contributed by atoms with E-state index in [2.05, 4.69) is 16.5 Å². The van der Waals surface area contributed by atoms with E-state index in [0.29, 0.717) is 16.7 Å². The summed E-state index contributed by atoms with van der Waals surface area (Å²) >= 11 is 11.5. The molecule has 1 aliphatic carbocycles. The summed E-state index contributed by atoms with van der Waals surface area (Å²) in [7, 11) is 0. The topological polar surface area (TPSA) is 20.7 Å². The van der Waals surface area contributed by atoms with Crippen LogP contribution in [0, 0.1) is 16.5 Å². The highest BCUT2D eigenvalue weighted by Gasteiger charge is 2.25. The Morgan fingerprint density at radius 1 is 1.38 bits per heavy atom. The molecule has 0 aliphatic heterocycles. The second-order valence-corrected chi connectivity index (χ2v) is 6.75. The molecule has 1 atom stereocenters. The fraction of sp³-hybridized carbons (Fsp3) is 0.562. The Morgan fingerprint density at radius 2 is 2.10 bits per heavy atom. The number of imidazole rings is 1. The number of halogens is 2. The van der Waals surface area contributed by atoms with Crippen molar-refractivity contribution in [3.63, 3.8) is 0 Å². The number of aromatic nitrogens is 2. The molecule has 1 aliphatic rings. The Labute approximate surface area is 134 Å². The summed E-state index contributed by atoms with van der Waals surface area (Å²) in [5.74, 6) is 0.247. The molecule has 2 aromatic rings. The van der Waals surface area contributed by atoms with Gasteiger partial charge in [0.05, 0.1) is 16.1 Å². The first-order valence-electron chi connectivity index (χ1n) is 7.71. The van der Waals surface area contributed by atoms with Gasteiger partial charge >= 0.3 is 0 Å². The second kappa shape index (κ2) is 6.09. The maximum absolute atomic E-state index is 13.6. The molecule has 3 rings (SSSR count). The Hall–Kier alpha value is -0.870. The number of nitrogens with one attached hydrogen (secondary N) is 1. The summed E-state index contributed by atoms with van der Waals surface area (Å²) in [4.78, 5) is 3.13. The van der Waals surface area contributed by atoms with Crippen LogP contribution in [0.25, 0.3) is 11.0 Å². The van der Waals surface area contributed by atoms with E-state index < -0.39 is 5.82 Å². The van der Waals surface area contributed by atoms with Crippen LogP contribution in [0.2, 0.25) is 5.02 Å². The quantitative estimate of drug-likeness (QED) is 0.684. The Bertz CT molecular complexity index is 700. The summed E-state index contributed by atoms with van der Waals surface area (Å²) in [5.41, 5.74) is 1.65. The SMILES string of the molecule is CCC(C1CCCCC1)n1c(=S)[nH]c2cc(F)c(Cl)cc21. The second-order valence-electron chi connectivity index (χ2n) is 5.96. The molecule has 0 amide bonds. The highest BCUT2D eigenvalue weighted by molar-refractivity contribution is 7.71. The minimum Gasteiger partial charge on any atom is -0.330 e. The van der Waals surface area contributed by atoms with Gasteiger partial charge in [0.2, 0.25) is 0 Å². The molecule has 0 radical (unpaired) electrons. The van der Waals surface area contributed by atoms with Gasteiger partial charge in [0, 0.05) is 12.1 Å². The van der Waals surface area contributed by atoms with Crippen molar-refractivity contribution >= 4 is 34.9 Å². The van der Waals surface area contributed by atoms with E-state index in [1.165, 1.54) is 38.2 Å². The van der Waals surface area contributed by atoms with Crippen molar-refractivity contribution in [3.8, 4) is 0 Å². The Balaban J connectivity index is 2.11. The summed E-state index contributed by atoms with van der Waals surface area (Å²) in [6, 6.07) is 3.51. The average molecular weight is 327 g/mol. The zero-order valence-electron chi connectivity index (χ0n) is 12.2. The van der Waals surface area contributed by atoms with Crippen LogP contribution in [0.3, 0.4) is 0 Å². The van der Waals surface area contributed by atoms with Gasteiger partial charge in [-0.2, -0.15) is 0 Å². The zero-order chi connectivity index (χ0) is 15.0. The Kier molecular flexibility index (Phi) is 4.36. The fourth-order valence-electron chi connectivity index (χ4n) is 3.70. The summed E-state index contributed by atoms with van der Waals surface area (Å²) in [6.45, 7) is 2.20. The largest absolute Gasteiger partial charge is 0.330 e. The van der Waals surface area contributed by atoms with E-state index in [0.717, 1.165) is 17.5 Å². The lowest BCUT2D eigenvalue weighted by Crippen LogP contribution is -2.21. The van der Waals surface area contributed by atoms with Crippen LogP contribution in [-0.2, 0) is 0 Å². The molecule has 1 fully saturated rings. The molecular formula is C16H20ClFN2S. The first-order valence-corrected chi connectivity index (χ1v) is 8.49. The first kappa shape index (κ1) is 15.0. The Morgan fingerprint density at radius 3 is 2.76 bits per heavy atom. The monoisotopic (exact) mass is 326 g/mol. The molecule has 1 aromatic carbocycles. The maximum Gasteiger partial charge on any atom is 0.178 e. The van der Waals surface area contributed by atoms with Crippen molar-refractivity contribution in [2.75, 3.05) is 0 Å². The van der Waals surface area contributed by atoms with Gasteiger partial charge in [-0.15, -0.1) is 0 Å². The van der Waals surface area contributed by atoms with E-state index in [4.69, 9.17) is 23.8 Å². The molecular weight excluding hydrogens is 307 g/mol. The van der Waals surface area contributed by atoms with E-state index in [-0.39, 0.29) is 5.02 Å². The lowest BCUT2D eigenvalue weighted by molar-refractivity contribution is 0.245. The number of hydrogen-bond donors (Lipinski definition) is 1. The predicted octanol–water partition coefficient (Wildman–Crippen LogP) is 6.02. The number of fused-ring (bicyclic) bond motifs is 1. The van der Waals surface area contributed by atoms with Crippen LogP contribution < -0.4 is 0 Å². The van der Waals surface area contributed by atoms with Crippen molar-refractivity contribution in [3.05, 3.63) is 27.7 Å². The first-order chi connectivity index (χ1) is 10.1. The van der Waals surface area contributed by atoms with Crippen LogP contribution in [0.15, 0.2) is 12.1 Å². The van der Waals surface area contributed by atoms with Crippen LogP contribution in [0.5, 0.6) is 0 Å². The number of benzene rings is 1. The summed E-state index contributed by atoms with van der Waals surface area (Å²) < 4.78 is 16.5. The number of aromatic amines is 1. The van der Waals surface area contributed by atoms with Gasteiger partial charge in [-0.05, 0) is 43.5 Å². The van der Waals surface area contributed by atoms with Crippen molar-refractivity contribution < 1.29 is 4.39 Å². The van der Waals surface area contributed by atoms with E-state index >= 15 is 0 Å². The molecule has 5 heteroatoms. The maximum atomic E-state index is 13.6. The van der Waals surface area contributed by atoms with Crippen molar-refractivity contribution in [2.24, 2.45) is 5.92 Å². The van der Waals surface area contributed by atoms with Crippen LogP contribution in [-0.4, -0.2) is 9.55 Å². The van der Waals surface area contributed by atoms with Crippen LogP contribution in [0.1, 0.15) is 51.5 Å². The third-order valence-corrected chi connectivity index (χ3v) is 5.29. The van der Waals surface area contributed by atoms with Gasteiger partial charge in [-0.25, -0.2) is 4.39 Å². The summed E-state index contributed by atoms with van der Waals surface area (Å²) in [6.07, 6.45) is 7.46. The number of H-pyrrole nitrogens is 1. The summed E-state index contributed by atoms with van der Waals surface area (Å²) in [5, 5.41) is 0.156. The van der Waals surface area contributed by atoms with E-state index in [1.807, 2.05) is 0 Å². The van der Waals surface area contributed by atoms with Crippen LogP contribution >= 0.6 is 23.8 Å². The fourth-order valence-corrected chi connectivity index (χ4v) is 4.20. The third kappa shape index (κ3) is 2.76. The van der Waals surface area contributed by atoms with E-state index in [1.54, 1.807) is 6.07 Å². The highest BCUT2D eigenvalue weighted by Crippen LogP contribution is 2.37. The molecule has 0 spiro atoms. The molecule has 1 aromatic heterocycles. The minimum atomic E-state index is -0.404. The van der Waals surface area contributed by atoms with E-state index in [9.17, 15) is 4.39 Å². The smallest absolute Gasteiger partial charge is 0.178 e. The molecule has 21 heavy (non-hydrogen) atoms. The normalized spacial score (nSPS) is 18.2. The molecule has 1 unspecified atom stereocenters. The standard InChI is InChI=1S/C16H20ClFN2S/c1-2-14(10-6-4-3-5-7-10)20-15-8-11(17)12(18)9-13(15)19-16(20)21/h8-10,14H,2-7H2,1H3,(H,19,21). The molecule has 0 saturated heterocycles. The molecule has 1 heterocycles. The van der Waals surface area contributed by atoms with Gasteiger partial charge < -0.3 is 9.55 Å². The lowest BCUT2D eigenvalue weighted by Gasteiger charge is -2.31. The molecule has 114 valence electrons. The number of hydrogen-bond acceptors (Lipinski definition) is 1. The van der Waals surface area contributed by atoms with Gasteiger partial charge in [0.25, 0.3) is 0 Å². The highest BCUT2D eigenvalue weighted by atomic mass is 35.5. The van der Waals surface area contributed by atoms with Gasteiger partial charge in [-0.3, -0.25) is 0 Å². The molecule has 1 saturated carbocycles. The molecule has 1 N–H and O–H groups in total. The third-order valence-electron chi connectivity index (χ3n) is 4.70. The van der Waals surface area contributed by atoms with Crippen molar-refractivity contribution in [2.45, 2.75) is 51.5 Å². The zero-order valence-corrected chi connectivity index (χ0v) is 13.7. The number of nitrogens with zero attached hydrogens (tertiary/aromatic N) is 1. The van der Waals surface area contributed by atoms with Gasteiger partial charge in [-0.1, -0.05) is 37.8 Å². The van der Waals surface area contributed by atoms with Gasteiger partial charge in [0.1, 0.15) is 5.82 Å². The minimum absolute atomic E-state index is 0.156. The molecule has 0 bridgehead atoms. The average Bonchev–Trinajstić information content (AvgIpc) is 2.78. The van der Waals surface area contributed by atoms with Gasteiger partial charge in [0.15, 0.2) is 4.77 Å². The van der Waals surface area contributed by atoms with Crippen LogP contribution in [0.4, 0.5) is 4.39 Å². The lowest BCUT2D eigenvalue weighted by atomic mass is 9.83.